The average molecular weight is 389 g/mol. The van der Waals surface area contributed by atoms with Crippen LogP contribution in [-0.4, -0.2) is 39.6 Å². The second-order valence-electron chi connectivity index (χ2n) is 5.76. The van der Waals surface area contributed by atoms with Crippen LogP contribution in [0.1, 0.15) is 19.4 Å². The topological polar surface area (TPSA) is 88.1 Å². The Morgan fingerprint density at radius 3 is 2.72 bits per heavy atom. The third-order valence-corrected chi connectivity index (χ3v) is 4.00. The number of halogens is 1. The molecule has 1 aliphatic rings. The highest BCUT2D eigenvalue weighted by molar-refractivity contribution is 7.86. The summed E-state index contributed by atoms with van der Waals surface area (Å²) in [6, 6.07) is 4.55. The van der Waals surface area contributed by atoms with Crippen molar-refractivity contribution in [1.82, 2.24) is 0 Å². The van der Waals surface area contributed by atoms with Crippen molar-refractivity contribution >= 4 is 27.9 Å². The molecule has 0 spiro atoms. The second-order valence-corrected chi connectivity index (χ2v) is 7.60. The van der Waals surface area contributed by atoms with Gasteiger partial charge in [0.25, 0.3) is 6.29 Å². The van der Waals surface area contributed by atoms with Gasteiger partial charge in [-0.2, -0.15) is 8.42 Å². The lowest BCUT2D eigenvalue weighted by Gasteiger charge is -2.24. The Hall–Kier alpha value is -2.11. The molecule has 9 heteroatoms. The number of carbonyl (C=O) groups excluding carboxylic acids is 1. The molecule has 0 saturated carbocycles. The molecule has 0 aromatic heterocycles. The molecule has 2 rings (SSSR count). The highest BCUT2D eigenvalue weighted by Gasteiger charge is 2.45. The van der Waals surface area contributed by atoms with Gasteiger partial charge in [0.05, 0.1) is 17.6 Å². The molecule has 0 N–H and O–H groups in total. The summed E-state index contributed by atoms with van der Waals surface area (Å²) in [7, 11) is -3.65. The number of ether oxygens (including phenoxy) is 3. The highest BCUT2D eigenvalue weighted by Crippen LogP contribution is 2.44. The van der Waals surface area contributed by atoms with Gasteiger partial charge in [-0.1, -0.05) is 11.8 Å². The zero-order chi connectivity index (χ0) is 18.7. The smallest absolute Gasteiger partial charge is 0.453 e. The molecule has 0 saturated heterocycles. The summed E-state index contributed by atoms with van der Waals surface area (Å²) in [6.07, 6.45) is -0.913. The molecule has 1 atom stereocenters. The van der Waals surface area contributed by atoms with E-state index in [4.69, 9.17) is 30.0 Å². The van der Waals surface area contributed by atoms with Crippen LogP contribution >= 0.6 is 11.6 Å². The third kappa shape index (κ3) is 4.94. The van der Waals surface area contributed by atoms with Gasteiger partial charge >= 0.3 is 16.3 Å². The first-order valence-corrected chi connectivity index (χ1v) is 9.54. The van der Waals surface area contributed by atoms with Gasteiger partial charge in [-0.05, 0) is 32.0 Å². The minimum Gasteiger partial charge on any atom is -0.453 e. The van der Waals surface area contributed by atoms with Crippen LogP contribution in [0.3, 0.4) is 0 Å². The minimum absolute atomic E-state index is 0.141. The Morgan fingerprint density at radius 1 is 1.36 bits per heavy atom. The van der Waals surface area contributed by atoms with Crippen LogP contribution in [0.15, 0.2) is 18.2 Å². The number of rotatable bonds is 4. The summed E-state index contributed by atoms with van der Waals surface area (Å²) in [4.78, 5) is 11.7. The van der Waals surface area contributed by atoms with Gasteiger partial charge in [-0.25, -0.2) is 4.79 Å². The Balaban J connectivity index is 2.10. The molecule has 1 aliphatic heterocycles. The summed E-state index contributed by atoms with van der Waals surface area (Å²) in [5, 5.41) is 0. The molecule has 136 valence electrons. The molecule has 0 radical (unpaired) electrons. The molecule has 0 fully saturated rings. The number of alkyl halides is 1. The quantitative estimate of drug-likeness (QED) is 0.338. The van der Waals surface area contributed by atoms with E-state index in [1.807, 2.05) is 0 Å². The number of hydrogen-bond acceptors (Lipinski definition) is 7. The van der Waals surface area contributed by atoms with Gasteiger partial charge in [0, 0.05) is 5.56 Å². The molecule has 1 aromatic rings. The fraction of sp³-hybridized carbons (Fsp3) is 0.438. The van der Waals surface area contributed by atoms with E-state index >= 15 is 0 Å². The normalized spacial score (nSPS) is 17.5. The Labute approximate surface area is 151 Å². The average Bonchev–Trinajstić information content (AvgIpc) is 2.73. The lowest BCUT2D eigenvalue weighted by molar-refractivity contribution is -0.0815. The number of fused-ring (bicyclic) bond motifs is 1. The van der Waals surface area contributed by atoms with Crippen molar-refractivity contribution in [2.75, 3.05) is 18.7 Å². The lowest BCUT2D eigenvalue weighted by atomic mass is 9.85. The maximum atomic E-state index is 11.7. The lowest BCUT2D eigenvalue weighted by Crippen LogP contribution is -2.36. The van der Waals surface area contributed by atoms with E-state index in [0.29, 0.717) is 11.3 Å². The molecule has 1 heterocycles. The second kappa shape index (κ2) is 7.42. The summed E-state index contributed by atoms with van der Waals surface area (Å²) in [6.45, 7) is 3.43. The van der Waals surface area contributed by atoms with Gasteiger partial charge < -0.3 is 18.4 Å². The first-order chi connectivity index (χ1) is 11.6. The molecular weight excluding hydrogens is 372 g/mol. The fourth-order valence-corrected chi connectivity index (χ4v) is 2.77. The molecular formula is C16H17ClO7S. The SMILES string of the molecule is CC1(C)c2cc(OS(C)(=O)=O)ccc2OC1OC(=O)OCC#CCCl. The van der Waals surface area contributed by atoms with Crippen molar-refractivity contribution in [1.29, 1.82) is 0 Å². The van der Waals surface area contributed by atoms with E-state index in [9.17, 15) is 13.2 Å². The summed E-state index contributed by atoms with van der Waals surface area (Å²) >= 11 is 5.38. The van der Waals surface area contributed by atoms with E-state index in [-0.39, 0.29) is 18.2 Å². The Kier molecular flexibility index (Phi) is 5.70. The molecule has 0 bridgehead atoms. The fourth-order valence-electron chi connectivity index (χ4n) is 2.22. The number of benzene rings is 1. The standard InChI is InChI=1S/C16H17ClO7S/c1-16(2)12-10-11(24-25(3,19)20)6-7-13(12)22-14(16)23-15(18)21-9-5-4-8-17/h6-7,10,14H,8-9H2,1-3H3. The highest BCUT2D eigenvalue weighted by atomic mass is 35.5. The predicted molar refractivity (Wildman–Crippen MR) is 90.3 cm³/mol. The molecule has 7 nitrogen and oxygen atoms in total. The maximum Gasteiger partial charge on any atom is 0.512 e. The van der Waals surface area contributed by atoms with Crippen LogP contribution in [0.5, 0.6) is 11.5 Å². The van der Waals surface area contributed by atoms with Crippen molar-refractivity contribution in [2.24, 2.45) is 0 Å². The van der Waals surface area contributed by atoms with Crippen molar-refractivity contribution in [3.63, 3.8) is 0 Å². The van der Waals surface area contributed by atoms with Crippen LogP contribution in [0, 0.1) is 11.8 Å². The minimum atomic E-state index is -3.65. The summed E-state index contributed by atoms with van der Waals surface area (Å²) in [5.74, 6) is 5.84. The van der Waals surface area contributed by atoms with Gasteiger partial charge in [-0.3, -0.25) is 0 Å². The first kappa shape index (κ1) is 19.2. The molecule has 0 aliphatic carbocycles. The Morgan fingerprint density at radius 2 is 2.08 bits per heavy atom. The van der Waals surface area contributed by atoms with Crippen molar-refractivity contribution in [2.45, 2.75) is 25.6 Å². The van der Waals surface area contributed by atoms with Gasteiger partial charge in [0.1, 0.15) is 11.5 Å². The first-order valence-electron chi connectivity index (χ1n) is 7.19. The van der Waals surface area contributed by atoms with E-state index in [1.54, 1.807) is 19.9 Å². The van der Waals surface area contributed by atoms with E-state index in [1.165, 1.54) is 12.1 Å². The summed E-state index contributed by atoms with van der Waals surface area (Å²) in [5.41, 5.74) is -0.0964. The van der Waals surface area contributed by atoms with Crippen molar-refractivity contribution in [3.05, 3.63) is 23.8 Å². The number of hydrogen-bond donors (Lipinski definition) is 0. The third-order valence-electron chi connectivity index (χ3n) is 3.37. The van der Waals surface area contributed by atoms with Crippen molar-refractivity contribution in [3.8, 4) is 23.3 Å². The predicted octanol–water partition coefficient (Wildman–Crippen LogP) is 2.42. The van der Waals surface area contributed by atoms with Gasteiger partial charge in [-0.15, -0.1) is 11.6 Å². The van der Waals surface area contributed by atoms with Crippen LogP contribution in [0.4, 0.5) is 4.79 Å². The molecule has 1 unspecified atom stereocenters. The Bertz CT molecular complexity index is 821. The monoisotopic (exact) mass is 388 g/mol. The molecule has 1 aromatic carbocycles. The van der Waals surface area contributed by atoms with E-state index < -0.39 is 28.0 Å². The van der Waals surface area contributed by atoms with Crippen LogP contribution in [-0.2, 0) is 25.0 Å². The molecule has 25 heavy (non-hydrogen) atoms. The molecule has 0 amide bonds. The number of carbonyl (C=O) groups is 1. The maximum absolute atomic E-state index is 11.7. The van der Waals surface area contributed by atoms with Gasteiger partial charge in [0.15, 0.2) is 6.61 Å². The zero-order valence-electron chi connectivity index (χ0n) is 13.9. The van der Waals surface area contributed by atoms with E-state index in [2.05, 4.69) is 11.8 Å². The summed E-state index contributed by atoms with van der Waals surface area (Å²) < 4.78 is 43.0. The van der Waals surface area contributed by atoms with Crippen molar-refractivity contribution < 1.29 is 31.6 Å². The van der Waals surface area contributed by atoms with Crippen LogP contribution in [0.25, 0.3) is 0 Å². The zero-order valence-corrected chi connectivity index (χ0v) is 15.4. The largest absolute Gasteiger partial charge is 0.512 e. The van der Waals surface area contributed by atoms with Crippen LogP contribution < -0.4 is 8.92 Å². The van der Waals surface area contributed by atoms with Crippen LogP contribution in [0.2, 0.25) is 0 Å². The van der Waals surface area contributed by atoms with Gasteiger partial charge in [0.2, 0.25) is 0 Å². The van der Waals surface area contributed by atoms with E-state index in [0.717, 1.165) is 6.26 Å².